The lowest BCUT2D eigenvalue weighted by molar-refractivity contribution is -0.128. The molecule has 0 bridgehead atoms. The van der Waals surface area contributed by atoms with Gasteiger partial charge < -0.3 is 19.2 Å². The van der Waals surface area contributed by atoms with E-state index in [0.717, 1.165) is 11.3 Å². The van der Waals surface area contributed by atoms with Crippen molar-refractivity contribution in [1.29, 1.82) is 0 Å². The number of amides is 1. The maximum Gasteiger partial charge on any atom is 0.258 e. The maximum atomic E-state index is 12.9. The average molecular weight is 440 g/mol. The molecule has 3 rings (SSSR count). The van der Waals surface area contributed by atoms with Crippen LogP contribution in [0, 0.1) is 0 Å². The summed E-state index contributed by atoms with van der Waals surface area (Å²) >= 11 is 1.46. The van der Waals surface area contributed by atoms with Gasteiger partial charge in [-0.15, -0.1) is 11.8 Å². The van der Waals surface area contributed by atoms with E-state index >= 15 is 0 Å². The molecule has 1 aromatic heterocycles. The largest absolute Gasteiger partial charge is 0.493 e. The normalized spacial score (nSPS) is 11.5. The highest BCUT2D eigenvalue weighted by Gasteiger charge is 2.22. The molecule has 0 radical (unpaired) electrons. The van der Waals surface area contributed by atoms with Crippen LogP contribution in [-0.2, 0) is 21.8 Å². The lowest BCUT2D eigenvalue weighted by Gasteiger charge is -2.18. The Morgan fingerprint density at radius 3 is 2.45 bits per heavy atom. The zero-order chi connectivity index (χ0) is 21.9. The minimum Gasteiger partial charge on any atom is -0.493 e. The lowest BCUT2D eigenvalue weighted by atomic mass is 10.0. The van der Waals surface area contributed by atoms with Crippen LogP contribution >= 0.6 is 11.8 Å². The van der Waals surface area contributed by atoms with E-state index in [1.165, 1.54) is 18.9 Å². The predicted octanol–water partition coefficient (Wildman–Crippen LogP) is 3.90. The van der Waals surface area contributed by atoms with Gasteiger partial charge in [-0.25, -0.2) is 0 Å². The number of methoxy groups -OCH3 is 1. The Morgan fingerprint density at radius 1 is 1.00 bits per heavy atom. The summed E-state index contributed by atoms with van der Waals surface area (Å²) in [7, 11) is 1.54. The number of thioether (sulfide) groups is 1. The predicted molar refractivity (Wildman–Crippen MR) is 120 cm³/mol. The number of hydrogen-bond acceptors (Lipinski definition) is 6. The highest BCUT2D eigenvalue weighted by atomic mass is 32.2. The molecule has 0 saturated heterocycles. The molecule has 1 heterocycles. The Bertz CT molecular complexity index is 959. The molecule has 6 nitrogen and oxygen atoms in total. The topological polar surface area (TPSA) is 77.8 Å². The summed E-state index contributed by atoms with van der Waals surface area (Å²) in [5, 5.41) is 2.83. The van der Waals surface area contributed by atoms with E-state index in [1.54, 1.807) is 24.5 Å². The molecule has 3 aromatic rings. The molecule has 162 valence electrons. The molecular weight excluding hydrogens is 414 g/mol. The Hall–Kier alpha value is -3.19. The second-order valence-corrected chi connectivity index (χ2v) is 7.77. The van der Waals surface area contributed by atoms with E-state index < -0.39 is 6.04 Å². The first-order valence-corrected chi connectivity index (χ1v) is 11.0. The fraction of sp³-hybridized carbons (Fsp3) is 0.250. The SMILES string of the molecule is COc1ccccc1OCC(=O)NC(Cc1ccccc1)C(=O)CSCc1ccco1. The summed E-state index contributed by atoms with van der Waals surface area (Å²) in [6.07, 6.45) is 2.03. The number of furan rings is 1. The molecule has 0 saturated carbocycles. The van der Waals surface area contributed by atoms with Gasteiger partial charge >= 0.3 is 0 Å². The average Bonchev–Trinajstić information content (AvgIpc) is 3.31. The third kappa shape index (κ3) is 7.22. The van der Waals surface area contributed by atoms with Crippen LogP contribution in [0.5, 0.6) is 11.5 Å². The molecule has 1 N–H and O–H groups in total. The number of nitrogens with one attached hydrogen (secondary N) is 1. The van der Waals surface area contributed by atoms with Crippen molar-refractivity contribution in [1.82, 2.24) is 5.32 Å². The Labute approximate surface area is 185 Å². The summed E-state index contributed by atoms with van der Waals surface area (Å²) in [4.78, 5) is 25.4. The van der Waals surface area contributed by atoms with Crippen LogP contribution in [-0.4, -0.2) is 37.2 Å². The van der Waals surface area contributed by atoms with E-state index in [9.17, 15) is 9.59 Å². The van der Waals surface area contributed by atoms with E-state index in [4.69, 9.17) is 13.9 Å². The van der Waals surface area contributed by atoms with E-state index in [1.807, 2.05) is 48.5 Å². The zero-order valence-electron chi connectivity index (χ0n) is 17.3. The monoisotopic (exact) mass is 439 g/mol. The summed E-state index contributed by atoms with van der Waals surface area (Å²) in [6.45, 7) is -0.210. The Kier molecular flexibility index (Phi) is 8.60. The fourth-order valence-electron chi connectivity index (χ4n) is 2.96. The molecule has 0 aliphatic rings. The van der Waals surface area contributed by atoms with E-state index in [0.29, 0.717) is 23.7 Å². The number of carbonyl (C=O) groups is 2. The Balaban J connectivity index is 1.58. The van der Waals surface area contributed by atoms with Crippen molar-refractivity contribution in [2.24, 2.45) is 0 Å². The molecule has 0 aliphatic carbocycles. The fourth-order valence-corrected chi connectivity index (χ4v) is 3.83. The van der Waals surface area contributed by atoms with Crippen LogP contribution < -0.4 is 14.8 Å². The Morgan fingerprint density at radius 2 is 1.74 bits per heavy atom. The van der Waals surface area contributed by atoms with Crippen molar-refractivity contribution in [3.05, 3.63) is 84.3 Å². The molecule has 1 atom stereocenters. The van der Waals surface area contributed by atoms with Gasteiger partial charge in [0.15, 0.2) is 23.9 Å². The minimum absolute atomic E-state index is 0.0500. The number of Topliss-reactive ketones (excluding diaryl/α,β-unsaturated/α-hetero) is 1. The molecule has 0 spiro atoms. The third-order valence-electron chi connectivity index (χ3n) is 4.50. The van der Waals surface area contributed by atoms with Crippen LogP contribution in [0.15, 0.2) is 77.4 Å². The van der Waals surface area contributed by atoms with Crippen LogP contribution in [0.3, 0.4) is 0 Å². The second-order valence-electron chi connectivity index (χ2n) is 6.79. The van der Waals surface area contributed by atoms with Gasteiger partial charge in [-0.1, -0.05) is 42.5 Å². The quantitative estimate of drug-likeness (QED) is 0.461. The first-order valence-electron chi connectivity index (χ1n) is 9.87. The van der Waals surface area contributed by atoms with E-state index in [2.05, 4.69) is 5.32 Å². The first-order chi connectivity index (χ1) is 15.2. The summed E-state index contributed by atoms with van der Waals surface area (Å²) in [5.74, 6) is 2.28. The molecule has 0 fully saturated rings. The molecule has 2 aromatic carbocycles. The van der Waals surface area contributed by atoms with E-state index in [-0.39, 0.29) is 24.1 Å². The van der Waals surface area contributed by atoms with Gasteiger partial charge in [0.1, 0.15) is 5.76 Å². The summed E-state index contributed by atoms with van der Waals surface area (Å²) in [6, 6.07) is 19.8. The van der Waals surface area contributed by atoms with Crippen LogP contribution in [0.4, 0.5) is 0 Å². The molecule has 31 heavy (non-hydrogen) atoms. The number of ketones is 1. The minimum atomic E-state index is -0.639. The smallest absolute Gasteiger partial charge is 0.258 e. The third-order valence-corrected chi connectivity index (χ3v) is 5.48. The van der Waals surface area contributed by atoms with Crippen molar-refractivity contribution >= 4 is 23.5 Å². The maximum absolute atomic E-state index is 12.9. The molecule has 1 amide bonds. The molecule has 7 heteroatoms. The highest BCUT2D eigenvalue weighted by Crippen LogP contribution is 2.25. The molecule has 1 unspecified atom stereocenters. The number of benzene rings is 2. The van der Waals surface area contributed by atoms with Gasteiger partial charge in [0, 0.05) is 0 Å². The zero-order valence-corrected chi connectivity index (χ0v) is 18.1. The van der Waals surface area contributed by atoms with Crippen LogP contribution in [0.25, 0.3) is 0 Å². The van der Waals surface area contributed by atoms with Gasteiger partial charge in [-0.3, -0.25) is 9.59 Å². The van der Waals surface area contributed by atoms with Crippen LogP contribution in [0.1, 0.15) is 11.3 Å². The molecular formula is C24H25NO5S. The lowest BCUT2D eigenvalue weighted by Crippen LogP contribution is -2.45. The standard InChI is InChI=1S/C24H25NO5S/c1-28-22-11-5-6-12-23(22)30-15-24(27)25-20(14-18-8-3-2-4-9-18)21(26)17-31-16-19-10-7-13-29-19/h2-13,20H,14-17H2,1H3,(H,25,27). The van der Waals surface area contributed by atoms with Crippen LogP contribution in [0.2, 0.25) is 0 Å². The number of hydrogen-bond donors (Lipinski definition) is 1. The van der Waals surface area contributed by atoms with Gasteiger partial charge in [0.2, 0.25) is 0 Å². The van der Waals surface area contributed by atoms with Crippen molar-refractivity contribution in [3.63, 3.8) is 0 Å². The van der Waals surface area contributed by atoms with Crippen molar-refractivity contribution < 1.29 is 23.5 Å². The van der Waals surface area contributed by atoms with Gasteiger partial charge in [0.25, 0.3) is 5.91 Å². The molecule has 0 aliphatic heterocycles. The van der Waals surface area contributed by atoms with Gasteiger partial charge in [-0.05, 0) is 36.2 Å². The van der Waals surface area contributed by atoms with Crippen molar-refractivity contribution in [3.8, 4) is 11.5 Å². The van der Waals surface area contributed by atoms with Crippen molar-refractivity contribution in [2.45, 2.75) is 18.2 Å². The van der Waals surface area contributed by atoms with Crippen molar-refractivity contribution in [2.75, 3.05) is 19.5 Å². The summed E-state index contributed by atoms with van der Waals surface area (Å²) < 4.78 is 16.1. The number of para-hydroxylation sites is 2. The van der Waals surface area contributed by atoms with Gasteiger partial charge in [0.05, 0.1) is 30.9 Å². The number of carbonyl (C=O) groups excluding carboxylic acids is 2. The second kappa shape index (κ2) is 11.9. The van der Waals surface area contributed by atoms with Gasteiger partial charge in [-0.2, -0.15) is 0 Å². The number of ether oxygens (including phenoxy) is 2. The summed E-state index contributed by atoms with van der Waals surface area (Å²) in [5.41, 5.74) is 0.975. The highest BCUT2D eigenvalue weighted by molar-refractivity contribution is 7.99. The number of rotatable bonds is 12. The first kappa shape index (κ1) is 22.5.